The third kappa shape index (κ3) is 1.66. The molecule has 0 unspecified atom stereocenters. The molecule has 0 heterocycles. The summed E-state index contributed by atoms with van der Waals surface area (Å²) in [6, 6.07) is 5.83. The first-order valence-electron chi connectivity index (χ1n) is 4.81. The van der Waals surface area contributed by atoms with Gasteiger partial charge in [-0.1, -0.05) is 24.8 Å². The summed E-state index contributed by atoms with van der Waals surface area (Å²) in [5, 5.41) is 0. The first-order valence-corrected chi connectivity index (χ1v) is 4.81. The van der Waals surface area contributed by atoms with Crippen molar-refractivity contribution in [2.75, 3.05) is 5.73 Å². The van der Waals surface area contributed by atoms with Gasteiger partial charge in [0.05, 0.1) is 0 Å². The average Bonchev–Trinajstić information content (AvgIpc) is 2.15. The van der Waals surface area contributed by atoms with E-state index in [2.05, 4.69) is 13.2 Å². The molecule has 0 aromatic heterocycles. The second-order valence-corrected chi connectivity index (χ2v) is 3.83. The molecule has 1 aliphatic carbocycles. The van der Waals surface area contributed by atoms with Crippen molar-refractivity contribution in [3.63, 3.8) is 0 Å². The second-order valence-electron chi connectivity index (χ2n) is 3.83. The van der Waals surface area contributed by atoms with Crippen LogP contribution in [-0.4, -0.2) is 0 Å². The minimum Gasteiger partial charge on any atom is -0.399 e. The fraction of sp³-hybridized carbons (Fsp3) is 0.0769. The highest BCUT2D eigenvalue weighted by Gasteiger charge is 2.15. The summed E-state index contributed by atoms with van der Waals surface area (Å²) in [5.74, 6) is 0. The van der Waals surface area contributed by atoms with Gasteiger partial charge in [0, 0.05) is 17.0 Å². The predicted octanol–water partition coefficient (Wildman–Crippen LogP) is 2.24. The second kappa shape index (κ2) is 3.31. The summed E-state index contributed by atoms with van der Waals surface area (Å²) in [6.45, 7) is 7.73. The molecule has 0 aliphatic heterocycles. The molecule has 0 spiro atoms. The number of fused-ring (bicyclic) bond motifs is 1. The van der Waals surface area contributed by atoms with Crippen molar-refractivity contribution in [1.29, 1.82) is 0 Å². The highest BCUT2D eigenvalue weighted by molar-refractivity contribution is 5.84. The number of benzene rings is 1. The van der Waals surface area contributed by atoms with Crippen molar-refractivity contribution in [2.45, 2.75) is 6.42 Å². The van der Waals surface area contributed by atoms with Crippen LogP contribution in [0.15, 0.2) is 48.7 Å². The molecule has 2 heteroatoms. The molecule has 1 aromatic carbocycles. The zero-order valence-corrected chi connectivity index (χ0v) is 8.59. The van der Waals surface area contributed by atoms with Gasteiger partial charge < -0.3 is 11.5 Å². The predicted molar refractivity (Wildman–Crippen MR) is 65.0 cm³/mol. The van der Waals surface area contributed by atoms with Crippen molar-refractivity contribution in [1.82, 2.24) is 0 Å². The maximum absolute atomic E-state index is 5.75. The van der Waals surface area contributed by atoms with Gasteiger partial charge >= 0.3 is 0 Å². The Morgan fingerprint density at radius 3 is 2.73 bits per heavy atom. The fourth-order valence-electron chi connectivity index (χ4n) is 1.87. The molecule has 2 nitrogen and oxygen atoms in total. The molecular weight excluding hydrogens is 184 g/mol. The molecule has 1 aliphatic rings. The lowest BCUT2D eigenvalue weighted by Crippen LogP contribution is -2.07. The molecule has 2 rings (SSSR count). The Morgan fingerprint density at radius 2 is 2.07 bits per heavy atom. The van der Waals surface area contributed by atoms with E-state index in [0.29, 0.717) is 5.70 Å². The Labute approximate surface area is 89.6 Å². The Balaban J connectivity index is 2.61. The Morgan fingerprint density at radius 1 is 1.33 bits per heavy atom. The zero-order chi connectivity index (χ0) is 11.0. The number of hydrogen-bond donors (Lipinski definition) is 2. The first-order chi connectivity index (χ1) is 7.08. The van der Waals surface area contributed by atoms with E-state index in [1.54, 1.807) is 0 Å². The maximum Gasteiger partial charge on any atom is 0.0320 e. The summed E-state index contributed by atoms with van der Waals surface area (Å²) < 4.78 is 0. The van der Waals surface area contributed by atoms with Crippen molar-refractivity contribution in [3.8, 4) is 0 Å². The normalized spacial score (nSPS) is 14.4. The van der Waals surface area contributed by atoms with Crippen LogP contribution in [0.25, 0.3) is 5.57 Å². The van der Waals surface area contributed by atoms with Gasteiger partial charge in [0.15, 0.2) is 0 Å². The van der Waals surface area contributed by atoms with E-state index in [1.165, 1.54) is 5.56 Å². The summed E-state index contributed by atoms with van der Waals surface area (Å²) in [7, 11) is 0. The number of nitrogens with two attached hydrogens (primary N) is 2. The topological polar surface area (TPSA) is 52.0 Å². The summed E-state index contributed by atoms with van der Waals surface area (Å²) in [4.78, 5) is 0. The molecule has 0 atom stereocenters. The van der Waals surface area contributed by atoms with E-state index in [1.807, 2.05) is 24.3 Å². The summed E-state index contributed by atoms with van der Waals surface area (Å²) in [5.41, 5.74) is 17.1. The Hall–Kier alpha value is -1.96. The van der Waals surface area contributed by atoms with Gasteiger partial charge in [-0.25, -0.2) is 0 Å². The monoisotopic (exact) mass is 198 g/mol. The van der Waals surface area contributed by atoms with E-state index >= 15 is 0 Å². The van der Waals surface area contributed by atoms with Crippen LogP contribution in [0, 0.1) is 0 Å². The molecule has 76 valence electrons. The number of rotatable bonds is 1. The van der Waals surface area contributed by atoms with Crippen LogP contribution in [0.3, 0.4) is 0 Å². The molecule has 15 heavy (non-hydrogen) atoms. The molecule has 0 saturated carbocycles. The van der Waals surface area contributed by atoms with Gasteiger partial charge in [-0.3, -0.25) is 0 Å². The number of allylic oxidation sites excluding steroid dienone is 3. The summed E-state index contributed by atoms with van der Waals surface area (Å²) in [6.07, 6.45) is 2.82. The van der Waals surface area contributed by atoms with Gasteiger partial charge in [-0.15, -0.1) is 0 Å². The Bertz CT molecular complexity index is 481. The van der Waals surface area contributed by atoms with Crippen molar-refractivity contribution in [3.05, 3.63) is 59.8 Å². The van der Waals surface area contributed by atoms with Crippen molar-refractivity contribution in [2.24, 2.45) is 5.73 Å². The van der Waals surface area contributed by atoms with Gasteiger partial charge in [0.25, 0.3) is 0 Å². The minimum absolute atomic E-state index is 0.571. The lowest BCUT2D eigenvalue weighted by Gasteiger charge is -2.19. The van der Waals surface area contributed by atoms with Crippen LogP contribution in [0.5, 0.6) is 0 Å². The van der Waals surface area contributed by atoms with E-state index in [-0.39, 0.29) is 0 Å². The van der Waals surface area contributed by atoms with Gasteiger partial charge in [-0.2, -0.15) is 0 Å². The Kier molecular flexibility index (Phi) is 2.12. The van der Waals surface area contributed by atoms with Crippen LogP contribution in [0.4, 0.5) is 5.69 Å². The van der Waals surface area contributed by atoms with Gasteiger partial charge in [0.1, 0.15) is 0 Å². The van der Waals surface area contributed by atoms with Crippen LogP contribution in [-0.2, 0) is 6.42 Å². The van der Waals surface area contributed by atoms with Crippen LogP contribution < -0.4 is 11.5 Å². The molecule has 0 amide bonds. The first kappa shape index (κ1) is 9.59. The molecule has 0 fully saturated rings. The number of nitrogen functional groups attached to an aromatic ring is 1. The molecule has 4 N–H and O–H groups in total. The molecule has 0 radical (unpaired) electrons. The number of hydrogen-bond acceptors (Lipinski definition) is 2. The molecule has 0 saturated heterocycles. The molecule has 1 aromatic rings. The minimum atomic E-state index is 0.571. The van der Waals surface area contributed by atoms with Crippen molar-refractivity contribution < 1.29 is 0 Å². The highest BCUT2D eigenvalue weighted by Crippen LogP contribution is 2.31. The highest BCUT2D eigenvalue weighted by atomic mass is 14.6. The third-order valence-corrected chi connectivity index (χ3v) is 2.53. The third-order valence-electron chi connectivity index (χ3n) is 2.53. The molecule has 0 bridgehead atoms. The van der Waals surface area contributed by atoms with Crippen LogP contribution >= 0.6 is 0 Å². The maximum atomic E-state index is 5.75. The van der Waals surface area contributed by atoms with Crippen LogP contribution in [0.2, 0.25) is 0 Å². The standard InChI is InChI=1S/C13H14N2/c1-8-5-10-7-11(15)3-4-12(10)13(6-8)9(2)14/h3-4,6-7H,1-2,5,14-15H2. The van der Waals surface area contributed by atoms with Crippen LogP contribution in [0.1, 0.15) is 11.1 Å². The van der Waals surface area contributed by atoms with E-state index in [9.17, 15) is 0 Å². The van der Waals surface area contributed by atoms with Gasteiger partial charge in [0.2, 0.25) is 0 Å². The smallest absolute Gasteiger partial charge is 0.0320 e. The number of anilines is 1. The summed E-state index contributed by atoms with van der Waals surface area (Å²) >= 11 is 0. The largest absolute Gasteiger partial charge is 0.399 e. The van der Waals surface area contributed by atoms with Crippen molar-refractivity contribution >= 4 is 11.3 Å². The van der Waals surface area contributed by atoms with E-state index < -0.39 is 0 Å². The fourth-order valence-corrected chi connectivity index (χ4v) is 1.87. The lowest BCUT2D eigenvalue weighted by molar-refractivity contribution is 1.16. The quantitative estimate of drug-likeness (QED) is 0.680. The van der Waals surface area contributed by atoms with E-state index in [4.69, 9.17) is 11.5 Å². The SMILES string of the molecule is C=C1C=C(C(=C)N)c2ccc(N)cc2C1. The zero-order valence-electron chi connectivity index (χ0n) is 8.59. The molecular formula is C13H14N2. The average molecular weight is 198 g/mol. The van der Waals surface area contributed by atoms with Gasteiger partial charge in [-0.05, 0) is 35.8 Å². The lowest BCUT2D eigenvalue weighted by atomic mass is 9.87. The van der Waals surface area contributed by atoms with E-state index in [0.717, 1.165) is 28.8 Å².